The summed E-state index contributed by atoms with van der Waals surface area (Å²) in [4.78, 5) is 17.1. The summed E-state index contributed by atoms with van der Waals surface area (Å²) in [6.45, 7) is 8.92. The molecule has 0 aromatic heterocycles. The minimum atomic E-state index is -3.67. The summed E-state index contributed by atoms with van der Waals surface area (Å²) in [6, 6.07) is 6.38. The van der Waals surface area contributed by atoms with Gasteiger partial charge in [0.1, 0.15) is 0 Å². The fraction of sp³-hybridized carbons (Fsp3) is 0.611. The van der Waals surface area contributed by atoms with Crippen molar-refractivity contribution >= 4 is 31.9 Å². The van der Waals surface area contributed by atoms with E-state index < -0.39 is 10.0 Å². The molecule has 0 atom stereocenters. The molecule has 0 radical (unpaired) electrons. The number of amides is 1. The molecule has 7 nitrogen and oxygen atoms in total. The zero-order valence-electron chi connectivity index (χ0n) is 16.0. The average Bonchev–Trinajstić information content (AvgIpc) is 2.66. The summed E-state index contributed by atoms with van der Waals surface area (Å²) in [6.07, 6.45) is 0.862. The Balaban J connectivity index is 1.70. The summed E-state index contributed by atoms with van der Waals surface area (Å²) in [7, 11) is -2.25. The van der Waals surface area contributed by atoms with Gasteiger partial charge >= 0.3 is 0 Å². The van der Waals surface area contributed by atoms with Crippen molar-refractivity contribution in [2.24, 2.45) is 0 Å². The monoisotopic (exact) mass is 460 g/mol. The van der Waals surface area contributed by atoms with E-state index in [1.54, 1.807) is 12.1 Å². The maximum absolute atomic E-state index is 12.5. The number of rotatable bonds is 9. The molecule has 1 aliphatic heterocycles. The van der Waals surface area contributed by atoms with E-state index in [0.717, 1.165) is 54.5 Å². The van der Waals surface area contributed by atoms with Crippen molar-refractivity contribution in [1.29, 1.82) is 0 Å². The molecule has 9 heteroatoms. The van der Waals surface area contributed by atoms with Crippen molar-refractivity contribution in [2.45, 2.75) is 18.2 Å². The molecule has 152 valence electrons. The van der Waals surface area contributed by atoms with E-state index in [2.05, 4.69) is 38.0 Å². The Labute approximate surface area is 170 Å². The molecule has 0 saturated carbocycles. The highest BCUT2D eigenvalue weighted by Gasteiger charge is 2.22. The summed E-state index contributed by atoms with van der Waals surface area (Å²) in [5.41, 5.74) is 0. The molecule has 0 aliphatic carbocycles. The van der Waals surface area contributed by atoms with Gasteiger partial charge in [0.2, 0.25) is 15.9 Å². The summed E-state index contributed by atoms with van der Waals surface area (Å²) in [5, 5.41) is 2.82. The first-order valence-electron chi connectivity index (χ1n) is 9.26. The Kier molecular flexibility index (Phi) is 8.68. The van der Waals surface area contributed by atoms with Crippen LogP contribution in [0.2, 0.25) is 0 Å². The number of sulfonamides is 1. The Morgan fingerprint density at radius 1 is 1.15 bits per heavy atom. The van der Waals surface area contributed by atoms with E-state index in [1.807, 2.05) is 0 Å². The molecule has 1 aliphatic rings. The van der Waals surface area contributed by atoms with E-state index in [9.17, 15) is 13.2 Å². The highest BCUT2D eigenvalue weighted by molar-refractivity contribution is 9.10. The second kappa shape index (κ2) is 10.5. The number of carbonyl (C=O) groups is 1. The molecule has 0 bridgehead atoms. The lowest BCUT2D eigenvalue weighted by atomic mass is 10.3. The predicted octanol–water partition coefficient (Wildman–Crippen LogP) is 1.21. The van der Waals surface area contributed by atoms with Crippen molar-refractivity contribution in [3.63, 3.8) is 0 Å². The third kappa shape index (κ3) is 6.83. The van der Waals surface area contributed by atoms with E-state index in [1.165, 1.54) is 19.2 Å². The molecule has 1 fully saturated rings. The van der Waals surface area contributed by atoms with Crippen LogP contribution in [0.1, 0.15) is 13.3 Å². The summed E-state index contributed by atoms with van der Waals surface area (Å²) >= 11 is 3.28. The lowest BCUT2D eigenvalue weighted by Gasteiger charge is -2.33. The van der Waals surface area contributed by atoms with Crippen LogP contribution in [0.3, 0.4) is 0 Å². The molecule has 1 aromatic rings. The highest BCUT2D eigenvalue weighted by Crippen LogP contribution is 2.17. The van der Waals surface area contributed by atoms with Gasteiger partial charge in [-0.3, -0.25) is 4.79 Å². The number of piperazine rings is 1. The van der Waals surface area contributed by atoms with Crippen LogP contribution in [0.25, 0.3) is 0 Å². The first kappa shape index (κ1) is 22.3. The fourth-order valence-electron chi connectivity index (χ4n) is 2.99. The molecular formula is C18H29BrN4O3S. The SMILES string of the molecule is CCN1CCN(CCCNC(=O)CN(C)S(=O)(=O)c2ccc(Br)cc2)CC1. The molecular weight excluding hydrogens is 432 g/mol. The largest absolute Gasteiger partial charge is 0.355 e. The quantitative estimate of drug-likeness (QED) is 0.560. The number of benzene rings is 1. The topological polar surface area (TPSA) is 73.0 Å². The molecule has 2 rings (SSSR count). The van der Waals surface area contributed by atoms with Crippen molar-refractivity contribution in [1.82, 2.24) is 19.4 Å². The summed E-state index contributed by atoms with van der Waals surface area (Å²) < 4.78 is 26.9. The molecule has 1 saturated heterocycles. The highest BCUT2D eigenvalue weighted by atomic mass is 79.9. The Morgan fingerprint density at radius 3 is 2.33 bits per heavy atom. The van der Waals surface area contributed by atoms with Crippen LogP contribution in [0.4, 0.5) is 0 Å². The Bertz CT molecular complexity index is 704. The Morgan fingerprint density at radius 2 is 1.74 bits per heavy atom. The lowest BCUT2D eigenvalue weighted by molar-refractivity contribution is -0.121. The standard InChI is InChI=1S/C18H29BrN4O3S/c1-3-22-11-13-23(14-12-22)10-4-9-20-18(24)15-21(2)27(25,26)17-7-5-16(19)6-8-17/h5-8H,3-4,9-15H2,1-2H3,(H,20,24). The second-order valence-corrected chi connectivity index (χ2v) is 9.65. The molecule has 0 unspecified atom stereocenters. The van der Waals surface area contributed by atoms with Crippen LogP contribution in [0.5, 0.6) is 0 Å². The van der Waals surface area contributed by atoms with Gasteiger partial charge in [-0.2, -0.15) is 4.31 Å². The van der Waals surface area contributed by atoms with Crippen molar-refractivity contribution in [2.75, 3.05) is 59.4 Å². The second-order valence-electron chi connectivity index (χ2n) is 6.69. The Hall–Kier alpha value is -1.00. The normalized spacial score (nSPS) is 16.6. The van der Waals surface area contributed by atoms with Gasteiger partial charge in [-0.1, -0.05) is 22.9 Å². The van der Waals surface area contributed by atoms with E-state index in [-0.39, 0.29) is 17.3 Å². The van der Waals surface area contributed by atoms with E-state index in [0.29, 0.717) is 6.54 Å². The van der Waals surface area contributed by atoms with Crippen LogP contribution < -0.4 is 5.32 Å². The first-order chi connectivity index (χ1) is 12.8. The molecule has 1 aromatic carbocycles. The first-order valence-corrected chi connectivity index (χ1v) is 11.5. The van der Waals surface area contributed by atoms with Crippen molar-refractivity contribution in [3.05, 3.63) is 28.7 Å². The van der Waals surface area contributed by atoms with Crippen LogP contribution in [-0.2, 0) is 14.8 Å². The third-order valence-electron chi connectivity index (χ3n) is 4.77. The van der Waals surface area contributed by atoms with Crippen LogP contribution in [0, 0.1) is 0 Å². The summed E-state index contributed by atoms with van der Waals surface area (Å²) in [5.74, 6) is -0.283. The number of hydrogen-bond donors (Lipinski definition) is 1. The van der Waals surface area contributed by atoms with E-state index >= 15 is 0 Å². The molecule has 1 amide bonds. The fourth-order valence-corrected chi connectivity index (χ4v) is 4.38. The number of carbonyl (C=O) groups excluding carboxylic acids is 1. The van der Waals surface area contributed by atoms with Gasteiger partial charge in [0, 0.05) is 44.2 Å². The van der Waals surface area contributed by atoms with Gasteiger partial charge in [-0.05, 0) is 43.8 Å². The van der Waals surface area contributed by atoms with Crippen molar-refractivity contribution in [3.8, 4) is 0 Å². The van der Waals surface area contributed by atoms with Gasteiger partial charge in [0.15, 0.2) is 0 Å². The van der Waals surface area contributed by atoms with Gasteiger partial charge in [0.25, 0.3) is 0 Å². The number of hydrogen-bond acceptors (Lipinski definition) is 5. The minimum absolute atomic E-state index is 0.173. The smallest absolute Gasteiger partial charge is 0.243 e. The molecule has 27 heavy (non-hydrogen) atoms. The van der Waals surface area contributed by atoms with Crippen LogP contribution in [0.15, 0.2) is 33.6 Å². The van der Waals surface area contributed by atoms with Gasteiger partial charge in [-0.15, -0.1) is 0 Å². The number of nitrogens with zero attached hydrogens (tertiary/aromatic N) is 3. The van der Waals surface area contributed by atoms with Gasteiger partial charge in [0.05, 0.1) is 11.4 Å². The lowest BCUT2D eigenvalue weighted by Crippen LogP contribution is -2.46. The van der Waals surface area contributed by atoms with Gasteiger partial charge in [-0.25, -0.2) is 8.42 Å². The molecule has 0 spiro atoms. The maximum Gasteiger partial charge on any atom is 0.243 e. The maximum atomic E-state index is 12.5. The van der Waals surface area contributed by atoms with Crippen LogP contribution >= 0.6 is 15.9 Å². The number of likely N-dealkylation sites (N-methyl/N-ethyl adjacent to an activating group) is 2. The predicted molar refractivity (Wildman–Crippen MR) is 110 cm³/mol. The third-order valence-corrected chi connectivity index (χ3v) is 7.12. The van der Waals surface area contributed by atoms with E-state index in [4.69, 9.17) is 0 Å². The van der Waals surface area contributed by atoms with Crippen molar-refractivity contribution < 1.29 is 13.2 Å². The zero-order chi connectivity index (χ0) is 19.9. The average molecular weight is 461 g/mol. The number of halogens is 1. The van der Waals surface area contributed by atoms with Gasteiger partial charge < -0.3 is 15.1 Å². The molecule has 1 heterocycles. The molecule has 1 N–H and O–H groups in total. The minimum Gasteiger partial charge on any atom is -0.355 e. The van der Waals surface area contributed by atoms with Crippen LogP contribution in [-0.4, -0.2) is 87.8 Å². The zero-order valence-corrected chi connectivity index (χ0v) is 18.4. The number of nitrogens with one attached hydrogen (secondary N) is 1.